The van der Waals surface area contributed by atoms with Crippen LogP contribution >= 0.6 is 11.3 Å². The molecule has 0 atom stereocenters. The van der Waals surface area contributed by atoms with E-state index < -0.39 is 17.9 Å². The zero-order chi connectivity index (χ0) is 32.5. The van der Waals surface area contributed by atoms with E-state index in [0.717, 1.165) is 56.0 Å². The minimum absolute atomic E-state index is 0.0541. The Kier molecular flexibility index (Phi) is 11.5. The number of hydrogen-bond donors (Lipinski definition) is 3. The number of pyridine rings is 2. The van der Waals surface area contributed by atoms with Crippen molar-refractivity contribution in [1.29, 1.82) is 0 Å². The zero-order valence-electron chi connectivity index (χ0n) is 25.5. The average molecular weight is 663 g/mol. The predicted molar refractivity (Wildman–Crippen MR) is 167 cm³/mol. The van der Waals surface area contributed by atoms with Crippen LogP contribution in [0, 0.1) is 0 Å². The van der Waals surface area contributed by atoms with Crippen molar-refractivity contribution in [2.75, 3.05) is 84.0 Å². The van der Waals surface area contributed by atoms with Gasteiger partial charge in [0, 0.05) is 105 Å². The van der Waals surface area contributed by atoms with Crippen molar-refractivity contribution in [1.82, 2.24) is 35.4 Å². The number of thiazole rings is 1. The summed E-state index contributed by atoms with van der Waals surface area (Å²) in [4.78, 5) is 42.8. The molecule has 16 heteroatoms. The summed E-state index contributed by atoms with van der Waals surface area (Å²) >= 11 is 0.809. The first-order chi connectivity index (χ1) is 22.2. The Morgan fingerprint density at radius 3 is 2.50 bits per heavy atom. The molecule has 2 amide bonds. The number of piperazine rings is 1. The summed E-state index contributed by atoms with van der Waals surface area (Å²) in [6.07, 6.45) is -1.47. The van der Waals surface area contributed by atoms with Gasteiger partial charge >= 0.3 is 12.2 Å². The number of nitrogens with zero attached hydrogens (tertiary/aromatic N) is 5. The number of carbonyl (C=O) groups excluding carboxylic acids is 2. The van der Waals surface area contributed by atoms with E-state index in [9.17, 15) is 22.8 Å². The van der Waals surface area contributed by atoms with Crippen LogP contribution in [0.3, 0.4) is 0 Å². The van der Waals surface area contributed by atoms with Crippen LogP contribution in [0.25, 0.3) is 21.7 Å². The molecular formula is C30H37F3N8O4S. The molecule has 0 saturated carbocycles. The summed E-state index contributed by atoms with van der Waals surface area (Å²) in [5.74, 6) is 0.191. The van der Waals surface area contributed by atoms with Gasteiger partial charge in [-0.05, 0) is 19.1 Å². The number of alkyl halides is 3. The molecule has 2 fully saturated rings. The molecule has 0 aliphatic carbocycles. The Hall–Kier alpha value is -3.70. The number of ketones is 1. The van der Waals surface area contributed by atoms with Crippen LogP contribution in [0.4, 0.5) is 23.8 Å². The van der Waals surface area contributed by atoms with Crippen LogP contribution in [-0.4, -0.2) is 115 Å². The maximum atomic E-state index is 13.6. The second kappa shape index (κ2) is 15.7. The van der Waals surface area contributed by atoms with Crippen LogP contribution in [0.2, 0.25) is 0 Å². The number of ether oxygens (including phenoxy) is 2. The third kappa shape index (κ3) is 8.97. The van der Waals surface area contributed by atoms with Crippen LogP contribution in [0.1, 0.15) is 29.4 Å². The minimum atomic E-state index is -4.64. The SMILES string of the molecule is CCNC(=O)Nc1cc(-c2nc(C(F)(F)F)cs2)c(-c2cc(C(=O)CCN3CCNCC3)cnc2OCCN2CCOCC2)cn1. The third-order valence-electron chi connectivity index (χ3n) is 7.59. The van der Waals surface area contributed by atoms with Gasteiger partial charge in [0.2, 0.25) is 5.88 Å². The van der Waals surface area contributed by atoms with Crippen molar-refractivity contribution < 1.29 is 32.2 Å². The van der Waals surface area contributed by atoms with Crippen molar-refractivity contribution in [2.24, 2.45) is 0 Å². The number of urea groups is 1. The number of rotatable bonds is 12. The third-order valence-corrected chi connectivity index (χ3v) is 8.46. The summed E-state index contributed by atoms with van der Waals surface area (Å²) in [5.41, 5.74) is 0.315. The van der Waals surface area contributed by atoms with Crippen LogP contribution in [-0.2, 0) is 10.9 Å². The van der Waals surface area contributed by atoms with Crippen molar-refractivity contribution in [3.63, 3.8) is 0 Å². The van der Waals surface area contributed by atoms with Crippen molar-refractivity contribution in [3.8, 4) is 27.6 Å². The summed E-state index contributed by atoms with van der Waals surface area (Å²) in [5, 5.41) is 9.48. The fraction of sp³-hybridized carbons (Fsp3) is 0.500. The number of nitrogens with one attached hydrogen (secondary N) is 3. The van der Waals surface area contributed by atoms with Gasteiger partial charge in [0.25, 0.3) is 0 Å². The molecule has 3 aromatic heterocycles. The van der Waals surface area contributed by atoms with Gasteiger partial charge in [-0.3, -0.25) is 15.0 Å². The number of anilines is 1. The fourth-order valence-corrected chi connectivity index (χ4v) is 5.97. The summed E-state index contributed by atoms with van der Waals surface area (Å²) < 4.78 is 52.2. The van der Waals surface area contributed by atoms with E-state index in [2.05, 4.69) is 40.7 Å². The van der Waals surface area contributed by atoms with Crippen LogP contribution < -0.4 is 20.7 Å². The molecular weight excluding hydrogens is 625 g/mol. The van der Waals surface area contributed by atoms with Crippen LogP contribution in [0.15, 0.2) is 29.9 Å². The topological polar surface area (TPSA) is 134 Å². The van der Waals surface area contributed by atoms with Gasteiger partial charge in [-0.15, -0.1) is 11.3 Å². The fourth-order valence-electron chi connectivity index (χ4n) is 5.11. The molecule has 0 bridgehead atoms. The van der Waals surface area contributed by atoms with Crippen molar-refractivity contribution in [2.45, 2.75) is 19.5 Å². The highest BCUT2D eigenvalue weighted by atomic mass is 32.1. The number of aromatic nitrogens is 3. The quantitative estimate of drug-likeness (QED) is 0.247. The lowest BCUT2D eigenvalue weighted by Gasteiger charge is -2.27. The summed E-state index contributed by atoms with van der Waals surface area (Å²) in [7, 11) is 0. The lowest BCUT2D eigenvalue weighted by Crippen LogP contribution is -2.44. The lowest BCUT2D eigenvalue weighted by molar-refractivity contribution is -0.140. The number of carbonyl (C=O) groups is 2. The van der Waals surface area contributed by atoms with Gasteiger partial charge in [0.15, 0.2) is 11.5 Å². The molecule has 0 spiro atoms. The maximum Gasteiger partial charge on any atom is 0.434 e. The highest BCUT2D eigenvalue weighted by Crippen LogP contribution is 2.41. The molecule has 248 valence electrons. The second-order valence-corrected chi connectivity index (χ2v) is 11.6. The number of amides is 2. The van der Waals surface area contributed by atoms with Gasteiger partial charge < -0.3 is 25.0 Å². The average Bonchev–Trinajstić information content (AvgIpc) is 3.56. The molecule has 12 nitrogen and oxygen atoms in total. The molecule has 3 N–H and O–H groups in total. The minimum Gasteiger partial charge on any atom is -0.476 e. The van der Waals surface area contributed by atoms with E-state index in [1.165, 1.54) is 18.5 Å². The van der Waals surface area contributed by atoms with Crippen LogP contribution in [0.5, 0.6) is 5.88 Å². The molecule has 46 heavy (non-hydrogen) atoms. The Morgan fingerprint density at radius 2 is 1.78 bits per heavy atom. The largest absolute Gasteiger partial charge is 0.476 e. The molecule has 2 saturated heterocycles. The Labute approximate surface area is 268 Å². The van der Waals surface area contributed by atoms with Gasteiger partial charge in [-0.25, -0.2) is 19.7 Å². The number of halogens is 3. The lowest BCUT2D eigenvalue weighted by atomic mass is 9.99. The van der Waals surface area contributed by atoms with Gasteiger partial charge in [-0.2, -0.15) is 13.2 Å². The number of Topliss-reactive ketones (excluding diaryl/α,β-unsaturated/α-hetero) is 1. The monoisotopic (exact) mass is 662 g/mol. The first-order valence-electron chi connectivity index (χ1n) is 15.2. The Bertz CT molecular complexity index is 1490. The molecule has 5 rings (SSSR count). The highest BCUT2D eigenvalue weighted by molar-refractivity contribution is 7.13. The molecule has 3 aromatic rings. The molecule has 0 radical (unpaired) electrons. The Morgan fingerprint density at radius 1 is 1.02 bits per heavy atom. The van der Waals surface area contributed by atoms with E-state index in [1.807, 2.05) is 0 Å². The molecule has 0 unspecified atom stereocenters. The molecule has 5 heterocycles. The molecule has 0 aromatic carbocycles. The standard InChI is InChI=1S/C30H37F3N8O4S/c1-2-35-29(43)39-26-16-22(28-38-25(19-46-28)30(31,32)33)23(18-36-26)21-15-20(24(42)3-6-40-7-4-34-5-8-40)17-37-27(21)45-14-11-41-9-12-44-13-10-41/h15-19,34H,2-14H2,1H3,(H2,35,36,39,43). The van der Waals surface area contributed by atoms with E-state index in [-0.39, 0.29) is 41.1 Å². The smallest absolute Gasteiger partial charge is 0.434 e. The molecule has 2 aliphatic rings. The predicted octanol–water partition coefficient (Wildman–Crippen LogP) is 3.62. The van der Waals surface area contributed by atoms with E-state index in [1.54, 1.807) is 13.0 Å². The normalized spacial score (nSPS) is 16.3. The van der Waals surface area contributed by atoms with Gasteiger partial charge in [0.1, 0.15) is 17.4 Å². The highest BCUT2D eigenvalue weighted by Gasteiger charge is 2.34. The number of morpholine rings is 1. The van der Waals surface area contributed by atoms with Crippen molar-refractivity contribution in [3.05, 3.63) is 41.2 Å². The van der Waals surface area contributed by atoms with Gasteiger partial charge in [-0.1, -0.05) is 0 Å². The first kappa shape index (κ1) is 33.7. The zero-order valence-corrected chi connectivity index (χ0v) is 26.3. The van der Waals surface area contributed by atoms with Gasteiger partial charge in [0.05, 0.1) is 13.2 Å². The number of hydrogen-bond acceptors (Lipinski definition) is 11. The van der Waals surface area contributed by atoms with E-state index >= 15 is 0 Å². The summed E-state index contributed by atoms with van der Waals surface area (Å²) in [6, 6.07) is 2.59. The molecule has 2 aliphatic heterocycles. The van der Waals surface area contributed by atoms with E-state index in [0.29, 0.717) is 49.5 Å². The second-order valence-electron chi connectivity index (χ2n) is 10.8. The first-order valence-corrected chi connectivity index (χ1v) is 16.1. The Balaban J connectivity index is 1.50. The van der Waals surface area contributed by atoms with E-state index in [4.69, 9.17) is 9.47 Å². The van der Waals surface area contributed by atoms with Crippen molar-refractivity contribution >= 4 is 29.0 Å². The summed E-state index contributed by atoms with van der Waals surface area (Å²) in [6.45, 7) is 9.84. The maximum absolute atomic E-state index is 13.6.